The summed E-state index contributed by atoms with van der Waals surface area (Å²) in [5.74, 6) is 0. The Hall–Kier alpha value is -1.23. The fraction of sp³-hybridized carbons (Fsp3) is 0.588. The van der Waals surface area contributed by atoms with E-state index in [0.29, 0.717) is 13.2 Å². The van der Waals surface area contributed by atoms with Crippen molar-refractivity contribution >= 4 is 6.29 Å². The summed E-state index contributed by atoms with van der Waals surface area (Å²) in [5, 5.41) is 0. The smallest absolute Gasteiger partial charge is 0.148 e. The number of carbonyl (C=O) groups is 1. The molecule has 2 aliphatic rings. The topological polar surface area (TPSA) is 44.8 Å². The lowest BCUT2D eigenvalue weighted by Crippen LogP contribution is -2.28. The van der Waals surface area contributed by atoms with E-state index in [1.807, 2.05) is 18.2 Å². The van der Waals surface area contributed by atoms with E-state index in [9.17, 15) is 4.79 Å². The molecule has 4 atom stereocenters. The van der Waals surface area contributed by atoms with Crippen LogP contribution in [0.1, 0.15) is 31.2 Å². The molecule has 0 N–H and O–H groups in total. The Morgan fingerprint density at radius 2 is 1.81 bits per heavy atom. The Labute approximate surface area is 125 Å². The molecule has 4 nitrogen and oxygen atoms in total. The summed E-state index contributed by atoms with van der Waals surface area (Å²) < 4.78 is 17.4. The molecule has 0 radical (unpaired) electrons. The SMILES string of the molecule is O=C[C@H]1CC[C@@H]([C@@H]2CC[C@H](COCc3ccccc3)O2)O1. The van der Waals surface area contributed by atoms with Gasteiger partial charge in [0.2, 0.25) is 0 Å². The molecular weight excluding hydrogens is 268 g/mol. The summed E-state index contributed by atoms with van der Waals surface area (Å²) in [7, 11) is 0. The molecule has 2 heterocycles. The molecule has 0 saturated carbocycles. The van der Waals surface area contributed by atoms with Gasteiger partial charge in [0.05, 0.1) is 31.5 Å². The minimum Gasteiger partial charge on any atom is -0.374 e. The van der Waals surface area contributed by atoms with Crippen LogP contribution in [0.4, 0.5) is 0 Å². The van der Waals surface area contributed by atoms with E-state index >= 15 is 0 Å². The second kappa shape index (κ2) is 7.16. The Balaban J connectivity index is 1.38. The minimum absolute atomic E-state index is 0.0827. The minimum atomic E-state index is -0.230. The van der Waals surface area contributed by atoms with Crippen LogP contribution in [0.5, 0.6) is 0 Å². The zero-order valence-corrected chi connectivity index (χ0v) is 12.1. The lowest BCUT2D eigenvalue weighted by molar-refractivity contribution is -0.122. The highest BCUT2D eigenvalue weighted by atomic mass is 16.6. The average Bonchev–Trinajstić information content (AvgIpc) is 3.17. The van der Waals surface area contributed by atoms with Crippen LogP contribution in [0.25, 0.3) is 0 Å². The summed E-state index contributed by atoms with van der Waals surface area (Å²) in [4.78, 5) is 10.7. The standard InChI is InChI=1S/C17H22O4/c18-10-14-6-8-16(20-14)17-9-7-15(21-17)12-19-11-13-4-2-1-3-5-13/h1-5,10,14-17H,6-9,11-12H2/t14-,15-,16+,17+/m1/s1. The highest BCUT2D eigenvalue weighted by Gasteiger charge is 2.37. The molecule has 2 saturated heterocycles. The number of hydrogen-bond acceptors (Lipinski definition) is 4. The predicted molar refractivity (Wildman–Crippen MR) is 78.0 cm³/mol. The van der Waals surface area contributed by atoms with Gasteiger partial charge in [-0.1, -0.05) is 30.3 Å². The first-order chi connectivity index (χ1) is 10.3. The number of benzene rings is 1. The van der Waals surface area contributed by atoms with Crippen molar-refractivity contribution in [2.24, 2.45) is 0 Å². The molecule has 21 heavy (non-hydrogen) atoms. The summed E-state index contributed by atoms with van der Waals surface area (Å²) in [6.45, 7) is 1.24. The Bertz CT molecular complexity index is 447. The monoisotopic (exact) mass is 290 g/mol. The van der Waals surface area contributed by atoms with E-state index in [4.69, 9.17) is 14.2 Å². The molecule has 4 heteroatoms. The van der Waals surface area contributed by atoms with Crippen LogP contribution in [0, 0.1) is 0 Å². The quantitative estimate of drug-likeness (QED) is 0.755. The molecule has 0 aliphatic carbocycles. The summed E-state index contributed by atoms with van der Waals surface area (Å²) in [5.41, 5.74) is 1.18. The fourth-order valence-electron chi connectivity index (χ4n) is 3.07. The van der Waals surface area contributed by atoms with E-state index in [-0.39, 0.29) is 24.4 Å². The van der Waals surface area contributed by atoms with Crippen LogP contribution in [0.3, 0.4) is 0 Å². The first-order valence-electron chi connectivity index (χ1n) is 7.73. The van der Waals surface area contributed by atoms with Crippen molar-refractivity contribution in [3.63, 3.8) is 0 Å². The van der Waals surface area contributed by atoms with Crippen LogP contribution in [0.15, 0.2) is 30.3 Å². The van der Waals surface area contributed by atoms with Crippen LogP contribution < -0.4 is 0 Å². The van der Waals surface area contributed by atoms with Gasteiger partial charge in [0.25, 0.3) is 0 Å². The van der Waals surface area contributed by atoms with E-state index in [0.717, 1.165) is 32.0 Å². The third-order valence-electron chi connectivity index (χ3n) is 4.21. The van der Waals surface area contributed by atoms with Gasteiger partial charge in [-0.05, 0) is 31.2 Å². The van der Waals surface area contributed by atoms with Crippen LogP contribution in [-0.2, 0) is 25.6 Å². The maximum Gasteiger partial charge on any atom is 0.148 e. The fourth-order valence-corrected chi connectivity index (χ4v) is 3.07. The molecular formula is C17H22O4. The van der Waals surface area contributed by atoms with Crippen molar-refractivity contribution in [2.75, 3.05) is 6.61 Å². The maximum absolute atomic E-state index is 10.7. The lowest BCUT2D eigenvalue weighted by Gasteiger charge is -2.19. The Morgan fingerprint density at radius 3 is 2.57 bits per heavy atom. The molecule has 2 aliphatic heterocycles. The normalized spacial score (nSPS) is 32.4. The van der Waals surface area contributed by atoms with Crippen LogP contribution in [-0.4, -0.2) is 37.3 Å². The summed E-state index contributed by atoms with van der Waals surface area (Å²) in [6.07, 6.45) is 4.77. The molecule has 3 rings (SSSR count). The van der Waals surface area contributed by atoms with Crippen LogP contribution >= 0.6 is 0 Å². The molecule has 0 bridgehead atoms. The summed E-state index contributed by atoms with van der Waals surface area (Å²) >= 11 is 0. The molecule has 1 aromatic carbocycles. The number of rotatable bonds is 6. The Kier molecular flexibility index (Phi) is 5.01. The summed E-state index contributed by atoms with van der Waals surface area (Å²) in [6, 6.07) is 10.2. The molecule has 0 unspecified atom stereocenters. The van der Waals surface area contributed by atoms with Gasteiger partial charge in [0, 0.05) is 0 Å². The first kappa shape index (κ1) is 14.7. The van der Waals surface area contributed by atoms with E-state index < -0.39 is 0 Å². The van der Waals surface area contributed by atoms with Crippen molar-refractivity contribution < 1.29 is 19.0 Å². The van der Waals surface area contributed by atoms with Gasteiger partial charge >= 0.3 is 0 Å². The van der Waals surface area contributed by atoms with E-state index in [2.05, 4.69) is 12.1 Å². The van der Waals surface area contributed by atoms with Crippen LogP contribution in [0.2, 0.25) is 0 Å². The largest absolute Gasteiger partial charge is 0.374 e. The third kappa shape index (κ3) is 3.90. The molecule has 0 spiro atoms. The maximum atomic E-state index is 10.7. The Morgan fingerprint density at radius 1 is 1.05 bits per heavy atom. The van der Waals surface area contributed by atoms with E-state index in [1.54, 1.807) is 0 Å². The van der Waals surface area contributed by atoms with Gasteiger partial charge in [0.1, 0.15) is 12.4 Å². The van der Waals surface area contributed by atoms with Gasteiger partial charge in [0.15, 0.2) is 0 Å². The lowest BCUT2D eigenvalue weighted by atomic mass is 10.1. The van der Waals surface area contributed by atoms with Crippen molar-refractivity contribution in [1.29, 1.82) is 0 Å². The predicted octanol–water partition coefficient (Wildman–Crippen LogP) is 2.50. The second-order valence-corrected chi connectivity index (χ2v) is 5.80. The second-order valence-electron chi connectivity index (χ2n) is 5.80. The average molecular weight is 290 g/mol. The first-order valence-corrected chi connectivity index (χ1v) is 7.73. The highest BCUT2D eigenvalue weighted by Crippen LogP contribution is 2.30. The van der Waals surface area contributed by atoms with Gasteiger partial charge in [-0.15, -0.1) is 0 Å². The van der Waals surface area contributed by atoms with Gasteiger partial charge in [-0.25, -0.2) is 0 Å². The van der Waals surface area contributed by atoms with Gasteiger partial charge < -0.3 is 19.0 Å². The van der Waals surface area contributed by atoms with Gasteiger partial charge in [-0.3, -0.25) is 0 Å². The van der Waals surface area contributed by atoms with Crippen molar-refractivity contribution in [3.05, 3.63) is 35.9 Å². The molecule has 0 amide bonds. The van der Waals surface area contributed by atoms with Crippen molar-refractivity contribution in [1.82, 2.24) is 0 Å². The molecule has 2 fully saturated rings. The molecule has 1 aromatic rings. The third-order valence-corrected chi connectivity index (χ3v) is 4.21. The van der Waals surface area contributed by atoms with Crippen molar-refractivity contribution in [2.45, 2.75) is 56.7 Å². The zero-order valence-electron chi connectivity index (χ0n) is 12.1. The number of hydrogen-bond donors (Lipinski definition) is 0. The molecule has 114 valence electrons. The number of carbonyl (C=O) groups excluding carboxylic acids is 1. The van der Waals surface area contributed by atoms with Crippen molar-refractivity contribution in [3.8, 4) is 0 Å². The zero-order chi connectivity index (χ0) is 14.5. The van der Waals surface area contributed by atoms with Gasteiger partial charge in [-0.2, -0.15) is 0 Å². The number of ether oxygens (including phenoxy) is 3. The highest BCUT2D eigenvalue weighted by molar-refractivity contribution is 5.56. The number of aldehydes is 1. The molecule has 0 aromatic heterocycles. The van der Waals surface area contributed by atoms with E-state index in [1.165, 1.54) is 5.56 Å².